The molecular formula is C14H24N4O. The van der Waals surface area contributed by atoms with Crippen molar-refractivity contribution < 1.29 is 4.79 Å². The van der Waals surface area contributed by atoms with Crippen molar-refractivity contribution in [1.29, 1.82) is 0 Å². The molecule has 0 spiro atoms. The number of aromatic nitrogens is 2. The molecule has 1 aromatic heterocycles. The molecule has 5 heteroatoms. The highest BCUT2D eigenvalue weighted by Crippen LogP contribution is 2.09. The predicted molar refractivity (Wildman–Crippen MR) is 77.2 cm³/mol. The lowest BCUT2D eigenvalue weighted by Gasteiger charge is -2.23. The molecule has 0 bridgehead atoms. The Labute approximate surface area is 115 Å². The lowest BCUT2D eigenvalue weighted by Crippen LogP contribution is -2.41. The summed E-state index contributed by atoms with van der Waals surface area (Å²) in [4.78, 5) is 22.6. The zero-order chi connectivity index (χ0) is 14.4. The first-order valence-corrected chi connectivity index (χ1v) is 6.91. The van der Waals surface area contributed by atoms with E-state index in [1.807, 2.05) is 38.7 Å². The predicted octanol–water partition coefficient (Wildman–Crippen LogP) is 2.02. The molecule has 0 aliphatic rings. The number of nitrogens with one attached hydrogen (secondary N) is 1. The van der Waals surface area contributed by atoms with Crippen LogP contribution in [0.3, 0.4) is 0 Å². The number of carbonyl (C=O) groups excluding carboxylic acids is 1. The summed E-state index contributed by atoms with van der Waals surface area (Å²) in [6.07, 6.45) is 0.858. The molecule has 1 atom stereocenters. The van der Waals surface area contributed by atoms with E-state index in [1.165, 1.54) is 0 Å². The van der Waals surface area contributed by atoms with E-state index < -0.39 is 0 Å². The molecule has 5 nitrogen and oxygen atoms in total. The van der Waals surface area contributed by atoms with Gasteiger partial charge in [0, 0.05) is 24.8 Å². The van der Waals surface area contributed by atoms with Gasteiger partial charge in [-0.3, -0.25) is 4.79 Å². The third kappa shape index (κ3) is 4.19. The first-order chi connectivity index (χ1) is 9.01. The summed E-state index contributed by atoms with van der Waals surface area (Å²) < 4.78 is 0. The number of carbonyl (C=O) groups is 1. The van der Waals surface area contributed by atoms with Crippen LogP contribution in [0.15, 0.2) is 6.07 Å². The third-order valence-corrected chi connectivity index (χ3v) is 3.06. The summed E-state index contributed by atoms with van der Waals surface area (Å²) in [5.74, 6) is 1.54. The van der Waals surface area contributed by atoms with Crippen LogP contribution in [0.4, 0.5) is 5.82 Å². The minimum Gasteiger partial charge on any atom is -0.359 e. The molecule has 1 heterocycles. The Balaban J connectivity index is 2.78. The van der Waals surface area contributed by atoms with Gasteiger partial charge in [-0.1, -0.05) is 6.92 Å². The fourth-order valence-corrected chi connectivity index (χ4v) is 1.98. The summed E-state index contributed by atoms with van der Waals surface area (Å²) in [7, 11) is 0. The zero-order valence-electron chi connectivity index (χ0n) is 12.5. The van der Waals surface area contributed by atoms with Gasteiger partial charge < -0.3 is 10.2 Å². The van der Waals surface area contributed by atoms with Gasteiger partial charge >= 0.3 is 0 Å². The number of hydrogen-bond donors (Lipinski definition) is 1. The monoisotopic (exact) mass is 264 g/mol. The van der Waals surface area contributed by atoms with E-state index in [4.69, 9.17) is 0 Å². The molecule has 1 aromatic rings. The van der Waals surface area contributed by atoms with E-state index in [1.54, 1.807) is 0 Å². The van der Waals surface area contributed by atoms with Crippen LogP contribution in [0.1, 0.15) is 39.2 Å². The molecule has 0 aliphatic heterocycles. The number of hydrogen-bond acceptors (Lipinski definition) is 4. The minimum atomic E-state index is -0.279. The molecule has 0 aromatic carbocycles. The Morgan fingerprint density at radius 2 is 1.95 bits per heavy atom. The van der Waals surface area contributed by atoms with Gasteiger partial charge in [0.2, 0.25) is 5.91 Å². The average molecular weight is 264 g/mol. The highest BCUT2D eigenvalue weighted by Gasteiger charge is 2.18. The van der Waals surface area contributed by atoms with Gasteiger partial charge in [0.15, 0.2) is 0 Å². The van der Waals surface area contributed by atoms with Crippen LogP contribution in [0.5, 0.6) is 0 Å². The van der Waals surface area contributed by atoms with Crippen molar-refractivity contribution in [3.63, 3.8) is 0 Å². The van der Waals surface area contributed by atoms with Crippen molar-refractivity contribution in [2.24, 2.45) is 0 Å². The molecule has 1 rings (SSSR count). The Morgan fingerprint density at radius 1 is 1.32 bits per heavy atom. The van der Waals surface area contributed by atoms with E-state index >= 15 is 0 Å². The highest BCUT2D eigenvalue weighted by atomic mass is 16.2. The second-order valence-electron chi connectivity index (χ2n) is 4.52. The lowest BCUT2D eigenvalue weighted by molar-refractivity contribution is -0.131. The van der Waals surface area contributed by atoms with Crippen molar-refractivity contribution in [3.8, 4) is 0 Å². The van der Waals surface area contributed by atoms with Crippen molar-refractivity contribution in [1.82, 2.24) is 14.9 Å². The van der Waals surface area contributed by atoms with Gasteiger partial charge in [0.25, 0.3) is 0 Å². The van der Waals surface area contributed by atoms with Gasteiger partial charge in [0.05, 0.1) is 0 Å². The minimum absolute atomic E-state index is 0.0966. The van der Waals surface area contributed by atoms with E-state index in [0.29, 0.717) is 0 Å². The van der Waals surface area contributed by atoms with E-state index in [-0.39, 0.29) is 11.9 Å². The van der Waals surface area contributed by atoms with Crippen LogP contribution in [0, 0.1) is 6.92 Å². The molecule has 0 saturated carbocycles. The number of aryl methyl sites for hydroxylation is 2. The molecule has 0 aliphatic carbocycles. The number of likely N-dealkylation sites (N-methyl/N-ethyl adjacent to an activating group) is 1. The smallest absolute Gasteiger partial charge is 0.244 e. The second kappa shape index (κ2) is 7.07. The van der Waals surface area contributed by atoms with Crippen LogP contribution in [-0.4, -0.2) is 39.9 Å². The Hall–Kier alpha value is -1.65. The molecule has 1 unspecified atom stereocenters. The molecule has 0 fully saturated rings. The largest absolute Gasteiger partial charge is 0.359 e. The maximum absolute atomic E-state index is 12.2. The van der Waals surface area contributed by atoms with E-state index in [0.717, 1.165) is 36.8 Å². The zero-order valence-corrected chi connectivity index (χ0v) is 12.5. The SMILES string of the molecule is CCc1cc(NC(C)C(=O)N(CC)CC)nc(C)n1. The van der Waals surface area contributed by atoms with Crippen LogP contribution >= 0.6 is 0 Å². The average Bonchev–Trinajstić information content (AvgIpc) is 2.39. The van der Waals surface area contributed by atoms with Crippen molar-refractivity contribution >= 4 is 11.7 Å². The highest BCUT2D eigenvalue weighted by molar-refractivity contribution is 5.84. The summed E-state index contributed by atoms with van der Waals surface area (Å²) in [5.41, 5.74) is 0.984. The normalized spacial score (nSPS) is 12.1. The van der Waals surface area contributed by atoms with Crippen LogP contribution in [0.25, 0.3) is 0 Å². The Bertz CT molecular complexity index is 429. The first kappa shape index (κ1) is 15.4. The maximum Gasteiger partial charge on any atom is 0.244 e. The summed E-state index contributed by atoms with van der Waals surface area (Å²) >= 11 is 0. The lowest BCUT2D eigenvalue weighted by atomic mass is 10.2. The van der Waals surface area contributed by atoms with E-state index in [9.17, 15) is 4.79 Å². The molecule has 0 saturated heterocycles. The Morgan fingerprint density at radius 3 is 2.47 bits per heavy atom. The maximum atomic E-state index is 12.2. The van der Waals surface area contributed by atoms with Gasteiger partial charge in [-0.05, 0) is 34.1 Å². The number of nitrogens with zero attached hydrogens (tertiary/aromatic N) is 3. The molecule has 1 amide bonds. The van der Waals surface area contributed by atoms with Crippen molar-refractivity contribution in [2.45, 2.75) is 47.1 Å². The summed E-state index contributed by atoms with van der Waals surface area (Å²) in [5, 5.41) is 3.16. The molecule has 19 heavy (non-hydrogen) atoms. The fourth-order valence-electron chi connectivity index (χ4n) is 1.98. The van der Waals surface area contributed by atoms with Gasteiger partial charge in [-0.25, -0.2) is 9.97 Å². The molecule has 0 radical (unpaired) electrons. The standard InChI is InChI=1S/C14H24N4O/c1-6-12-9-13(17-11(5)16-12)15-10(4)14(19)18(7-2)8-3/h9-10H,6-8H2,1-5H3,(H,15,16,17). The number of amides is 1. The molecular weight excluding hydrogens is 240 g/mol. The summed E-state index contributed by atoms with van der Waals surface area (Å²) in [6.45, 7) is 11.2. The van der Waals surface area contributed by atoms with Crippen LogP contribution < -0.4 is 5.32 Å². The van der Waals surface area contributed by atoms with Crippen LogP contribution in [-0.2, 0) is 11.2 Å². The summed E-state index contributed by atoms with van der Waals surface area (Å²) in [6, 6.07) is 1.62. The van der Waals surface area contributed by atoms with Gasteiger partial charge in [0.1, 0.15) is 17.7 Å². The fraction of sp³-hybridized carbons (Fsp3) is 0.643. The van der Waals surface area contributed by atoms with Gasteiger partial charge in [-0.2, -0.15) is 0 Å². The van der Waals surface area contributed by atoms with Gasteiger partial charge in [-0.15, -0.1) is 0 Å². The van der Waals surface area contributed by atoms with Crippen molar-refractivity contribution in [3.05, 3.63) is 17.6 Å². The second-order valence-corrected chi connectivity index (χ2v) is 4.52. The number of anilines is 1. The van der Waals surface area contributed by atoms with Crippen LogP contribution in [0.2, 0.25) is 0 Å². The molecule has 1 N–H and O–H groups in total. The first-order valence-electron chi connectivity index (χ1n) is 6.91. The van der Waals surface area contributed by atoms with Crippen molar-refractivity contribution in [2.75, 3.05) is 18.4 Å². The van der Waals surface area contributed by atoms with E-state index in [2.05, 4.69) is 22.2 Å². The Kier molecular flexibility index (Phi) is 5.73. The number of rotatable bonds is 6. The quantitative estimate of drug-likeness (QED) is 0.854. The molecule has 106 valence electrons. The third-order valence-electron chi connectivity index (χ3n) is 3.06. The topological polar surface area (TPSA) is 58.1 Å².